The lowest BCUT2D eigenvalue weighted by Crippen LogP contribution is -2.70. The first-order valence-electron chi connectivity index (χ1n) is 8.93. The van der Waals surface area contributed by atoms with Crippen LogP contribution in [0.1, 0.15) is 46.5 Å². The molecule has 0 radical (unpaired) electrons. The molecular weight excluding hydrogens is 312 g/mol. The van der Waals surface area contributed by atoms with Gasteiger partial charge in [-0.2, -0.15) is 0 Å². The van der Waals surface area contributed by atoms with Crippen molar-refractivity contribution in [2.24, 2.45) is 23.7 Å². The Morgan fingerprint density at radius 2 is 2.00 bits per heavy atom. The van der Waals surface area contributed by atoms with Gasteiger partial charge in [0, 0.05) is 18.1 Å². The van der Waals surface area contributed by atoms with E-state index in [4.69, 9.17) is 19.2 Å². The van der Waals surface area contributed by atoms with Crippen LogP contribution in [0.4, 0.5) is 0 Å². The number of hydrogen-bond acceptors (Lipinski definition) is 5. The Morgan fingerprint density at radius 1 is 1.17 bits per heavy atom. The summed E-state index contributed by atoms with van der Waals surface area (Å²) in [6.07, 6.45) is 6.00. The summed E-state index contributed by atoms with van der Waals surface area (Å²) in [5.74, 6) is 2.13. The lowest BCUT2D eigenvalue weighted by Gasteiger charge is -2.60. The number of thioether (sulfide) groups is 1. The maximum atomic E-state index is 6.45. The molecule has 130 valence electrons. The summed E-state index contributed by atoms with van der Waals surface area (Å²) in [5, 5.41) is 0. The molecule has 5 aliphatic rings. The Kier molecular flexibility index (Phi) is 4.09. The molecule has 23 heavy (non-hydrogen) atoms. The second-order valence-corrected chi connectivity index (χ2v) is 9.03. The molecule has 2 bridgehead atoms. The Hall–Kier alpha value is -0.0700. The van der Waals surface area contributed by atoms with E-state index in [0.717, 1.165) is 25.0 Å². The first-order chi connectivity index (χ1) is 11.0. The van der Waals surface area contributed by atoms with Crippen LogP contribution in [0.5, 0.6) is 0 Å². The molecule has 8 atom stereocenters. The molecule has 5 heteroatoms. The molecule has 0 aromatic heterocycles. The van der Waals surface area contributed by atoms with Crippen molar-refractivity contribution >= 4 is 11.8 Å². The second kappa shape index (κ2) is 5.73. The molecule has 0 amide bonds. The van der Waals surface area contributed by atoms with Gasteiger partial charge in [-0.05, 0) is 43.9 Å². The first-order valence-corrected chi connectivity index (χ1v) is 9.97. The van der Waals surface area contributed by atoms with Gasteiger partial charge in [-0.3, -0.25) is 0 Å². The Labute approximate surface area is 143 Å². The highest BCUT2D eigenvalue weighted by molar-refractivity contribution is 7.99. The van der Waals surface area contributed by atoms with E-state index >= 15 is 0 Å². The van der Waals surface area contributed by atoms with Crippen LogP contribution in [-0.2, 0) is 19.2 Å². The molecule has 0 N–H and O–H groups in total. The van der Waals surface area contributed by atoms with E-state index in [1.54, 1.807) is 0 Å². The lowest BCUT2D eigenvalue weighted by atomic mass is 9.58. The largest absolute Gasteiger partial charge is 0.335 e. The standard InChI is InChI=1S/C18H28O4S/c1-5-10-23-15-12(3)14-7-6-11(2)13-8-9-17(4)20-16(19-15)18(13,14)22-21-17/h5,11-16H,1,6-10H2,2-4H3. The Bertz CT molecular complexity index is 486. The normalized spacial score (nSPS) is 55.1. The zero-order valence-corrected chi connectivity index (χ0v) is 15.1. The van der Waals surface area contributed by atoms with Gasteiger partial charge < -0.3 is 9.47 Å². The molecule has 5 rings (SSSR count). The van der Waals surface area contributed by atoms with E-state index < -0.39 is 11.4 Å². The third-order valence-corrected chi connectivity index (χ3v) is 7.77. The highest BCUT2D eigenvalue weighted by atomic mass is 32.2. The van der Waals surface area contributed by atoms with Crippen LogP contribution in [0, 0.1) is 23.7 Å². The minimum absolute atomic E-state index is 0.134. The van der Waals surface area contributed by atoms with Crippen LogP contribution in [0.2, 0.25) is 0 Å². The third kappa shape index (κ3) is 2.35. The van der Waals surface area contributed by atoms with Crippen molar-refractivity contribution in [3.05, 3.63) is 12.7 Å². The molecule has 0 aromatic rings. The number of fused-ring (bicyclic) bond motifs is 2. The maximum absolute atomic E-state index is 6.45. The average Bonchev–Trinajstić information content (AvgIpc) is 2.76. The SMILES string of the molecule is C=CCSC1OC2OC3(C)CCC4C(C)CCC(C1C)C24OO3. The summed E-state index contributed by atoms with van der Waals surface area (Å²) in [4.78, 5) is 12.0. The van der Waals surface area contributed by atoms with Crippen molar-refractivity contribution in [1.29, 1.82) is 0 Å². The van der Waals surface area contributed by atoms with Crippen LogP contribution in [0.25, 0.3) is 0 Å². The fraction of sp³-hybridized carbons (Fsp3) is 0.889. The van der Waals surface area contributed by atoms with Crippen molar-refractivity contribution in [1.82, 2.24) is 0 Å². The summed E-state index contributed by atoms with van der Waals surface area (Å²) >= 11 is 1.82. The van der Waals surface area contributed by atoms with E-state index in [-0.39, 0.29) is 11.7 Å². The molecule has 4 saturated heterocycles. The fourth-order valence-corrected chi connectivity index (χ4v) is 6.22. The topological polar surface area (TPSA) is 36.9 Å². The monoisotopic (exact) mass is 340 g/mol. The lowest BCUT2D eigenvalue weighted by molar-refractivity contribution is -0.568. The van der Waals surface area contributed by atoms with Gasteiger partial charge in [0.1, 0.15) is 5.44 Å². The minimum atomic E-state index is -0.675. The molecule has 1 saturated carbocycles. The first kappa shape index (κ1) is 16.4. The molecule has 1 aliphatic carbocycles. The van der Waals surface area contributed by atoms with Crippen LogP contribution >= 0.6 is 11.8 Å². The maximum Gasteiger partial charge on any atom is 0.201 e. The summed E-state index contributed by atoms with van der Waals surface area (Å²) in [6.45, 7) is 10.5. The quantitative estimate of drug-likeness (QED) is 0.571. The Balaban J connectivity index is 1.71. The second-order valence-electron chi connectivity index (χ2n) is 7.90. The summed E-state index contributed by atoms with van der Waals surface area (Å²) in [7, 11) is 0. The van der Waals surface area contributed by atoms with Gasteiger partial charge >= 0.3 is 0 Å². The van der Waals surface area contributed by atoms with E-state index in [2.05, 4.69) is 20.4 Å². The molecule has 4 aliphatic heterocycles. The minimum Gasteiger partial charge on any atom is -0.335 e. The zero-order chi connectivity index (χ0) is 16.2. The molecule has 8 unspecified atom stereocenters. The van der Waals surface area contributed by atoms with Crippen molar-refractivity contribution in [3.63, 3.8) is 0 Å². The zero-order valence-electron chi connectivity index (χ0n) is 14.3. The molecule has 1 spiro atoms. The van der Waals surface area contributed by atoms with Crippen LogP contribution in [0.3, 0.4) is 0 Å². The van der Waals surface area contributed by atoms with E-state index in [1.165, 1.54) is 6.42 Å². The van der Waals surface area contributed by atoms with E-state index in [0.29, 0.717) is 23.7 Å². The van der Waals surface area contributed by atoms with Crippen molar-refractivity contribution in [3.8, 4) is 0 Å². The summed E-state index contributed by atoms with van der Waals surface area (Å²) < 4.78 is 12.8. The molecular formula is C18H28O4S. The van der Waals surface area contributed by atoms with Gasteiger partial charge in [0.15, 0.2) is 11.9 Å². The third-order valence-electron chi connectivity index (χ3n) is 6.48. The van der Waals surface area contributed by atoms with E-state index in [9.17, 15) is 0 Å². The van der Waals surface area contributed by atoms with Gasteiger partial charge in [0.05, 0.1) is 0 Å². The molecule has 4 heterocycles. The smallest absolute Gasteiger partial charge is 0.201 e. The highest BCUT2D eigenvalue weighted by Gasteiger charge is 2.69. The average molecular weight is 340 g/mol. The van der Waals surface area contributed by atoms with Gasteiger partial charge in [0.25, 0.3) is 0 Å². The van der Waals surface area contributed by atoms with Crippen molar-refractivity contribution in [2.75, 3.05) is 5.75 Å². The van der Waals surface area contributed by atoms with Gasteiger partial charge in [-0.25, -0.2) is 9.78 Å². The summed E-state index contributed by atoms with van der Waals surface area (Å²) in [6, 6.07) is 0. The van der Waals surface area contributed by atoms with Crippen LogP contribution in [-0.4, -0.2) is 28.9 Å². The van der Waals surface area contributed by atoms with Gasteiger partial charge in [0.2, 0.25) is 5.79 Å². The number of rotatable bonds is 3. The molecule has 0 aromatic carbocycles. The predicted molar refractivity (Wildman–Crippen MR) is 89.5 cm³/mol. The van der Waals surface area contributed by atoms with Crippen LogP contribution in [0.15, 0.2) is 12.7 Å². The highest BCUT2D eigenvalue weighted by Crippen LogP contribution is 2.61. The van der Waals surface area contributed by atoms with Gasteiger partial charge in [-0.1, -0.05) is 19.9 Å². The Morgan fingerprint density at radius 3 is 2.78 bits per heavy atom. The van der Waals surface area contributed by atoms with Crippen molar-refractivity contribution < 1.29 is 19.2 Å². The molecule has 5 fully saturated rings. The van der Waals surface area contributed by atoms with Crippen molar-refractivity contribution in [2.45, 2.75) is 69.6 Å². The number of hydrogen-bond donors (Lipinski definition) is 0. The predicted octanol–water partition coefficient (Wildman–Crippen LogP) is 4.11. The van der Waals surface area contributed by atoms with Crippen LogP contribution < -0.4 is 0 Å². The number of ether oxygens (including phenoxy) is 2. The molecule has 4 nitrogen and oxygen atoms in total. The summed E-state index contributed by atoms with van der Waals surface area (Å²) in [5.41, 5.74) is -0.299. The van der Waals surface area contributed by atoms with Gasteiger partial charge in [-0.15, -0.1) is 18.3 Å². The fourth-order valence-electron chi connectivity index (χ4n) is 5.23. The van der Waals surface area contributed by atoms with E-state index in [1.807, 2.05) is 24.8 Å².